The summed E-state index contributed by atoms with van der Waals surface area (Å²) in [6.45, 7) is 2.20. The van der Waals surface area contributed by atoms with Crippen LogP contribution in [0.2, 0.25) is 0 Å². The van der Waals surface area contributed by atoms with E-state index in [0.29, 0.717) is 17.3 Å². The molecule has 1 fully saturated rings. The molecule has 0 heterocycles. The summed E-state index contributed by atoms with van der Waals surface area (Å²) in [6.07, 6.45) is 6.52. The van der Waals surface area contributed by atoms with Crippen molar-refractivity contribution in [3.8, 4) is 6.07 Å². The van der Waals surface area contributed by atoms with E-state index in [1.54, 1.807) is 0 Å². The van der Waals surface area contributed by atoms with Crippen molar-refractivity contribution in [3.63, 3.8) is 0 Å². The Morgan fingerprint density at radius 3 is 2.58 bits per heavy atom. The molecule has 2 heteroatoms. The molecule has 0 spiro atoms. The molecule has 0 saturated heterocycles. The van der Waals surface area contributed by atoms with E-state index in [1.165, 1.54) is 19.3 Å². The van der Waals surface area contributed by atoms with Gasteiger partial charge in [0.25, 0.3) is 0 Å². The molecule has 0 N–H and O–H groups in total. The van der Waals surface area contributed by atoms with Crippen molar-refractivity contribution < 1.29 is 4.79 Å². The number of hydrogen-bond donors (Lipinski definition) is 0. The summed E-state index contributed by atoms with van der Waals surface area (Å²) >= 11 is 0. The van der Waals surface area contributed by atoms with Crippen LogP contribution in [0.15, 0.2) is 24.3 Å². The van der Waals surface area contributed by atoms with E-state index in [4.69, 9.17) is 5.26 Å². The highest BCUT2D eigenvalue weighted by atomic mass is 16.1. The fourth-order valence-corrected chi connectivity index (χ4v) is 2.97. The van der Waals surface area contributed by atoms with Crippen molar-refractivity contribution in [2.24, 2.45) is 5.92 Å². The van der Waals surface area contributed by atoms with Gasteiger partial charge in [-0.2, -0.15) is 5.26 Å². The third-order valence-corrected chi connectivity index (χ3v) is 4.15. The Balaban J connectivity index is 1.99. The average molecular weight is 255 g/mol. The molecular weight excluding hydrogens is 234 g/mol. The topological polar surface area (TPSA) is 40.9 Å². The van der Waals surface area contributed by atoms with Gasteiger partial charge < -0.3 is 0 Å². The Bertz CT molecular complexity index is 469. The zero-order valence-corrected chi connectivity index (χ0v) is 11.6. The first-order chi connectivity index (χ1) is 9.24. The number of Topliss-reactive ketones (excluding diaryl/α,β-unsaturated/α-hetero) is 1. The molecule has 2 atom stereocenters. The number of benzene rings is 1. The number of ketones is 1. The third kappa shape index (κ3) is 3.44. The van der Waals surface area contributed by atoms with Crippen molar-refractivity contribution in [3.05, 3.63) is 35.4 Å². The lowest BCUT2D eigenvalue weighted by Crippen LogP contribution is -2.23. The molecular formula is C17H21NO. The van der Waals surface area contributed by atoms with E-state index < -0.39 is 0 Å². The van der Waals surface area contributed by atoms with Gasteiger partial charge in [-0.3, -0.25) is 4.79 Å². The van der Waals surface area contributed by atoms with Crippen LogP contribution in [0.1, 0.15) is 62.5 Å². The highest BCUT2D eigenvalue weighted by Gasteiger charge is 2.29. The molecule has 1 aromatic rings. The Kier molecular flexibility index (Phi) is 4.74. The Labute approximate surface area is 115 Å². The fraction of sp³-hybridized carbons (Fsp3) is 0.529. The van der Waals surface area contributed by atoms with Crippen LogP contribution in [0.25, 0.3) is 0 Å². The summed E-state index contributed by atoms with van der Waals surface area (Å²) < 4.78 is 0. The first-order valence-corrected chi connectivity index (χ1v) is 7.27. The SMILES string of the molecule is CCCC[C@H]1CC[C@H](c2ccc(C#N)cc2)C(=O)C1. The second kappa shape index (κ2) is 6.52. The first-order valence-electron chi connectivity index (χ1n) is 7.27. The maximum Gasteiger partial charge on any atom is 0.140 e. The van der Waals surface area contributed by atoms with Gasteiger partial charge in [-0.05, 0) is 36.5 Å². The van der Waals surface area contributed by atoms with E-state index in [2.05, 4.69) is 13.0 Å². The summed E-state index contributed by atoms with van der Waals surface area (Å²) in [7, 11) is 0. The van der Waals surface area contributed by atoms with E-state index in [0.717, 1.165) is 24.8 Å². The van der Waals surface area contributed by atoms with E-state index in [9.17, 15) is 4.79 Å². The predicted molar refractivity (Wildman–Crippen MR) is 75.8 cm³/mol. The van der Waals surface area contributed by atoms with Crippen molar-refractivity contribution in [1.82, 2.24) is 0 Å². The number of carbonyl (C=O) groups is 1. The average Bonchev–Trinajstić information content (AvgIpc) is 2.45. The summed E-state index contributed by atoms with van der Waals surface area (Å²) in [4.78, 5) is 12.3. The maximum atomic E-state index is 12.3. The molecule has 0 unspecified atom stereocenters. The molecule has 2 rings (SSSR count). The number of nitrogens with zero attached hydrogens (tertiary/aromatic N) is 1. The molecule has 0 aromatic heterocycles. The third-order valence-electron chi connectivity index (χ3n) is 4.15. The van der Waals surface area contributed by atoms with Crippen LogP contribution in [0.4, 0.5) is 0 Å². The second-order valence-electron chi connectivity index (χ2n) is 5.54. The highest BCUT2D eigenvalue weighted by Crippen LogP contribution is 2.35. The van der Waals surface area contributed by atoms with Crippen molar-refractivity contribution in [1.29, 1.82) is 5.26 Å². The van der Waals surface area contributed by atoms with Crippen LogP contribution in [-0.4, -0.2) is 5.78 Å². The minimum absolute atomic E-state index is 0.0608. The number of hydrogen-bond acceptors (Lipinski definition) is 2. The normalized spacial score (nSPS) is 23.1. The molecule has 0 amide bonds. The van der Waals surface area contributed by atoms with Gasteiger partial charge in [-0.25, -0.2) is 0 Å². The van der Waals surface area contributed by atoms with Gasteiger partial charge in [-0.15, -0.1) is 0 Å². The zero-order valence-electron chi connectivity index (χ0n) is 11.6. The van der Waals surface area contributed by atoms with E-state index >= 15 is 0 Å². The monoisotopic (exact) mass is 255 g/mol. The van der Waals surface area contributed by atoms with E-state index in [1.807, 2.05) is 24.3 Å². The van der Waals surface area contributed by atoms with Gasteiger partial charge in [0.15, 0.2) is 0 Å². The molecule has 0 radical (unpaired) electrons. The Morgan fingerprint density at radius 2 is 2.00 bits per heavy atom. The van der Waals surface area contributed by atoms with Gasteiger partial charge in [0.1, 0.15) is 5.78 Å². The fourth-order valence-electron chi connectivity index (χ4n) is 2.97. The molecule has 1 aromatic carbocycles. The number of nitriles is 1. The molecule has 1 aliphatic carbocycles. The minimum Gasteiger partial charge on any atom is -0.299 e. The quantitative estimate of drug-likeness (QED) is 0.809. The lowest BCUT2D eigenvalue weighted by Gasteiger charge is -2.27. The molecule has 1 saturated carbocycles. The van der Waals surface area contributed by atoms with Gasteiger partial charge in [-0.1, -0.05) is 38.3 Å². The summed E-state index contributed by atoms with van der Waals surface area (Å²) in [5.41, 5.74) is 1.74. The van der Waals surface area contributed by atoms with Crippen LogP contribution in [0, 0.1) is 17.2 Å². The molecule has 0 bridgehead atoms. The van der Waals surface area contributed by atoms with Crippen molar-refractivity contribution >= 4 is 5.78 Å². The summed E-state index contributed by atoms with van der Waals surface area (Å²) in [5, 5.41) is 8.79. The maximum absolute atomic E-state index is 12.3. The lowest BCUT2D eigenvalue weighted by molar-refractivity contribution is -0.123. The van der Waals surface area contributed by atoms with Crippen molar-refractivity contribution in [2.75, 3.05) is 0 Å². The Morgan fingerprint density at radius 1 is 1.26 bits per heavy atom. The standard InChI is InChI=1S/C17H21NO/c1-2-3-4-13-7-10-16(17(19)11-13)15-8-5-14(12-18)6-9-15/h5-6,8-9,13,16H,2-4,7,10-11H2,1H3/t13-,16+/m0/s1. The molecule has 100 valence electrons. The molecule has 0 aliphatic heterocycles. The Hall–Kier alpha value is -1.62. The zero-order chi connectivity index (χ0) is 13.7. The minimum atomic E-state index is 0.0608. The number of unbranched alkanes of at least 4 members (excludes halogenated alkanes) is 1. The number of carbonyl (C=O) groups excluding carboxylic acids is 1. The van der Waals surface area contributed by atoms with Crippen LogP contribution < -0.4 is 0 Å². The smallest absolute Gasteiger partial charge is 0.140 e. The summed E-state index contributed by atoms with van der Waals surface area (Å²) in [5.74, 6) is 1.05. The molecule has 19 heavy (non-hydrogen) atoms. The summed E-state index contributed by atoms with van der Waals surface area (Å²) in [6, 6.07) is 9.61. The van der Waals surface area contributed by atoms with Gasteiger partial charge >= 0.3 is 0 Å². The van der Waals surface area contributed by atoms with E-state index in [-0.39, 0.29) is 5.92 Å². The first kappa shape index (κ1) is 13.8. The van der Waals surface area contributed by atoms with Gasteiger partial charge in [0.2, 0.25) is 0 Å². The van der Waals surface area contributed by atoms with Crippen molar-refractivity contribution in [2.45, 2.75) is 51.4 Å². The molecule has 1 aliphatic rings. The number of rotatable bonds is 4. The van der Waals surface area contributed by atoms with Crippen LogP contribution in [0.3, 0.4) is 0 Å². The van der Waals surface area contributed by atoms with Gasteiger partial charge in [0.05, 0.1) is 11.6 Å². The molecule has 2 nitrogen and oxygen atoms in total. The highest BCUT2D eigenvalue weighted by molar-refractivity contribution is 5.86. The largest absolute Gasteiger partial charge is 0.299 e. The second-order valence-corrected chi connectivity index (χ2v) is 5.54. The van der Waals surface area contributed by atoms with Crippen LogP contribution in [-0.2, 0) is 4.79 Å². The lowest BCUT2D eigenvalue weighted by atomic mass is 9.76. The van der Waals surface area contributed by atoms with Gasteiger partial charge in [0, 0.05) is 12.3 Å². The van der Waals surface area contributed by atoms with Crippen LogP contribution in [0.5, 0.6) is 0 Å². The predicted octanol–water partition coefficient (Wildman–Crippen LogP) is 4.20. The van der Waals surface area contributed by atoms with Crippen LogP contribution >= 0.6 is 0 Å².